The van der Waals surface area contributed by atoms with Crippen LogP contribution in [0.2, 0.25) is 4.34 Å². The topological polar surface area (TPSA) is 105 Å². The lowest BCUT2D eigenvalue weighted by molar-refractivity contribution is 0.0954. The Morgan fingerprint density at radius 3 is 2.82 bits per heavy atom. The number of thiophene rings is 1. The van der Waals surface area contributed by atoms with E-state index in [0.717, 1.165) is 5.69 Å². The molecule has 0 saturated heterocycles. The van der Waals surface area contributed by atoms with Crippen molar-refractivity contribution in [2.24, 2.45) is 0 Å². The van der Waals surface area contributed by atoms with Gasteiger partial charge in [0, 0.05) is 25.9 Å². The van der Waals surface area contributed by atoms with E-state index < -0.39 is 0 Å². The SMILES string of the molecule is CN(CCO)c1cc(-n2ccccc2=O)ccc1-n1cc(CNC(=O)c2ccc(Cl)s2)nn1. The quantitative estimate of drug-likeness (QED) is 0.398. The second-order valence-electron chi connectivity index (χ2n) is 7.17. The highest BCUT2D eigenvalue weighted by Gasteiger charge is 2.15. The molecule has 0 aliphatic rings. The molecule has 170 valence electrons. The number of hydrogen-bond donors (Lipinski definition) is 2. The van der Waals surface area contributed by atoms with Gasteiger partial charge in [-0.1, -0.05) is 22.9 Å². The number of likely N-dealkylation sites (N-methyl/N-ethyl adjacent to an activating group) is 1. The lowest BCUT2D eigenvalue weighted by Crippen LogP contribution is -2.24. The molecule has 0 saturated carbocycles. The summed E-state index contributed by atoms with van der Waals surface area (Å²) in [7, 11) is 1.84. The second kappa shape index (κ2) is 9.99. The Morgan fingerprint density at radius 1 is 1.24 bits per heavy atom. The van der Waals surface area contributed by atoms with Crippen LogP contribution in [0.15, 0.2) is 65.7 Å². The van der Waals surface area contributed by atoms with Crippen LogP contribution in [0.4, 0.5) is 5.69 Å². The third-order valence-electron chi connectivity index (χ3n) is 4.92. The second-order valence-corrected chi connectivity index (χ2v) is 8.88. The van der Waals surface area contributed by atoms with Crippen molar-refractivity contribution in [3.8, 4) is 11.4 Å². The van der Waals surface area contributed by atoms with E-state index >= 15 is 0 Å². The number of carbonyl (C=O) groups is 1. The summed E-state index contributed by atoms with van der Waals surface area (Å²) in [6.45, 7) is 0.557. The van der Waals surface area contributed by atoms with E-state index in [2.05, 4.69) is 15.6 Å². The summed E-state index contributed by atoms with van der Waals surface area (Å²) in [4.78, 5) is 26.9. The number of carbonyl (C=O) groups excluding carboxylic acids is 1. The van der Waals surface area contributed by atoms with E-state index in [-0.39, 0.29) is 24.6 Å². The third kappa shape index (κ3) is 5.14. The predicted molar refractivity (Wildman–Crippen MR) is 128 cm³/mol. The molecule has 0 aliphatic heterocycles. The zero-order valence-electron chi connectivity index (χ0n) is 17.7. The molecule has 0 atom stereocenters. The highest BCUT2D eigenvalue weighted by Crippen LogP contribution is 2.26. The Bertz CT molecular complexity index is 1330. The number of aliphatic hydroxyl groups is 1. The molecule has 33 heavy (non-hydrogen) atoms. The summed E-state index contributed by atoms with van der Waals surface area (Å²) >= 11 is 7.09. The molecule has 3 heterocycles. The number of benzene rings is 1. The zero-order valence-corrected chi connectivity index (χ0v) is 19.3. The number of nitrogens with zero attached hydrogens (tertiary/aromatic N) is 5. The fourth-order valence-corrected chi connectivity index (χ4v) is 4.22. The van der Waals surface area contributed by atoms with Gasteiger partial charge in [0.05, 0.1) is 45.6 Å². The van der Waals surface area contributed by atoms with Crippen molar-refractivity contribution in [3.63, 3.8) is 0 Å². The molecule has 0 aliphatic carbocycles. The van der Waals surface area contributed by atoms with E-state index in [4.69, 9.17) is 11.6 Å². The summed E-state index contributed by atoms with van der Waals surface area (Å²) in [5, 5.41) is 20.6. The molecule has 1 aromatic carbocycles. The monoisotopic (exact) mass is 484 g/mol. The minimum absolute atomic E-state index is 0.0349. The summed E-state index contributed by atoms with van der Waals surface area (Å²) in [5.41, 5.74) is 2.59. The van der Waals surface area contributed by atoms with Crippen LogP contribution in [0.1, 0.15) is 15.4 Å². The van der Waals surface area contributed by atoms with Crippen LogP contribution in [-0.2, 0) is 6.54 Å². The van der Waals surface area contributed by atoms with Crippen LogP contribution in [0, 0.1) is 0 Å². The first-order chi connectivity index (χ1) is 16.0. The van der Waals surface area contributed by atoms with Gasteiger partial charge in [0.1, 0.15) is 5.69 Å². The molecule has 1 amide bonds. The lowest BCUT2D eigenvalue weighted by Gasteiger charge is -2.22. The highest BCUT2D eigenvalue weighted by atomic mass is 35.5. The molecule has 0 fully saturated rings. The average molecular weight is 485 g/mol. The highest BCUT2D eigenvalue weighted by molar-refractivity contribution is 7.17. The van der Waals surface area contributed by atoms with Crippen LogP contribution >= 0.6 is 22.9 Å². The van der Waals surface area contributed by atoms with E-state index in [1.165, 1.54) is 17.4 Å². The summed E-state index contributed by atoms with van der Waals surface area (Å²) in [5.74, 6) is -0.234. The maximum atomic E-state index is 12.3. The van der Waals surface area contributed by atoms with Gasteiger partial charge in [-0.2, -0.15) is 0 Å². The first kappa shape index (κ1) is 22.7. The Kier molecular flexibility index (Phi) is 6.87. The Hall–Kier alpha value is -3.47. The van der Waals surface area contributed by atoms with E-state index in [1.807, 2.05) is 30.1 Å². The van der Waals surface area contributed by atoms with E-state index in [9.17, 15) is 14.7 Å². The van der Waals surface area contributed by atoms with Gasteiger partial charge in [-0.25, -0.2) is 4.68 Å². The van der Waals surface area contributed by atoms with Gasteiger partial charge >= 0.3 is 0 Å². The Balaban J connectivity index is 1.60. The van der Waals surface area contributed by atoms with Gasteiger partial charge in [-0.05, 0) is 36.4 Å². The van der Waals surface area contributed by atoms with Crippen molar-refractivity contribution in [1.82, 2.24) is 24.9 Å². The predicted octanol–water partition coefficient (Wildman–Crippen LogP) is 2.49. The number of aromatic nitrogens is 4. The molecule has 0 unspecified atom stereocenters. The maximum absolute atomic E-state index is 12.3. The standard InChI is InChI=1S/C22H21ClN6O3S/c1-27(10-11-30)18-12-16(28-9-3-2-4-21(28)31)5-6-17(18)29-14-15(25-26-29)13-24-22(32)19-7-8-20(23)33-19/h2-9,12,14,30H,10-11,13H2,1H3,(H,24,32). The van der Waals surface area contributed by atoms with E-state index in [0.29, 0.717) is 32.8 Å². The number of anilines is 1. The van der Waals surface area contributed by atoms with Gasteiger partial charge in [0.15, 0.2) is 0 Å². The first-order valence-corrected chi connectivity index (χ1v) is 11.2. The number of amides is 1. The van der Waals surface area contributed by atoms with Gasteiger partial charge < -0.3 is 15.3 Å². The zero-order chi connectivity index (χ0) is 23.4. The first-order valence-electron chi connectivity index (χ1n) is 10.1. The smallest absolute Gasteiger partial charge is 0.261 e. The van der Waals surface area contributed by atoms with Crippen LogP contribution in [0.5, 0.6) is 0 Å². The van der Waals surface area contributed by atoms with Crippen molar-refractivity contribution in [3.05, 3.63) is 86.2 Å². The molecule has 9 nitrogen and oxygen atoms in total. The summed E-state index contributed by atoms with van der Waals surface area (Å²) in [6.07, 6.45) is 3.42. The van der Waals surface area contributed by atoms with Crippen molar-refractivity contribution < 1.29 is 9.90 Å². The van der Waals surface area contributed by atoms with Gasteiger partial charge in [-0.15, -0.1) is 16.4 Å². The van der Waals surface area contributed by atoms with Crippen LogP contribution < -0.4 is 15.8 Å². The molecule has 2 N–H and O–H groups in total. The number of halogens is 1. The molecule has 0 spiro atoms. The molecule has 4 aromatic rings. The molecule has 0 bridgehead atoms. The third-order valence-corrected chi connectivity index (χ3v) is 6.15. The largest absolute Gasteiger partial charge is 0.395 e. The fourth-order valence-electron chi connectivity index (χ4n) is 3.26. The molecular weight excluding hydrogens is 464 g/mol. The Labute approximate surface area is 198 Å². The van der Waals surface area contributed by atoms with Crippen LogP contribution in [0.25, 0.3) is 11.4 Å². The summed E-state index contributed by atoms with van der Waals surface area (Å²) < 4.78 is 3.69. The van der Waals surface area contributed by atoms with Gasteiger partial charge in [0.2, 0.25) is 0 Å². The van der Waals surface area contributed by atoms with Crippen molar-refractivity contribution >= 4 is 34.5 Å². The number of nitrogens with one attached hydrogen (secondary N) is 1. The Morgan fingerprint density at radius 2 is 2.09 bits per heavy atom. The average Bonchev–Trinajstić information content (AvgIpc) is 3.47. The molecule has 0 radical (unpaired) electrons. The van der Waals surface area contributed by atoms with Crippen molar-refractivity contribution in [2.75, 3.05) is 25.1 Å². The summed E-state index contributed by atoms with van der Waals surface area (Å²) in [6, 6.07) is 13.8. The van der Waals surface area contributed by atoms with Crippen molar-refractivity contribution in [2.45, 2.75) is 6.54 Å². The van der Waals surface area contributed by atoms with Crippen LogP contribution in [-0.4, -0.2) is 50.8 Å². The minimum atomic E-state index is -0.234. The number of pyridine rings is 1. The molecular formula is C22H21ClN6O3S. The number of hydrogen-bond acceptors (Lipinski definition) is 7. The normalized spacial score (nSPS) is 10.9. The maximum Gasteiger partial charge on any atom is 0.261 e. The van der Waals surface area contributed by atoms with Gasteiger partial charge in [-0.3, -0.25) is 14.2 Å². The lowest BCUT2D eigenvalue weighted by atomic mass is 10.2. The number of aliphatic hydroxyl groups excluding tert-OH is 1. The van der Waals surface area contributed by atoms with E-state index in [1.54, 1.807) is 45.9 Å². The van der Waals surface area contributed by atoms with Gasteiger partial charge in [0.25, 0.3) is 11.5 Å². The number of rotatable bonds is 8. The van der Waals surface area contributed by atoms with Crippen LogP contribution in [0.3, 0.4) is 0 Å². The minimum Gasteiger partial charge on any atom is -0.395 e. The van der Waals surface area contributed by atoms with Crippen molar-refractivity contribution in [1.29, 1.82) is 0 Å². The molecule has 11 heteroatoms. The molecule has 3 aromatic heterocycles. The fraction of sp³-hybridized carbons (Fsp3) is 0.182. The molecule has 4 rings (SSSR count).